The summed E-state index contributed by atoms with van der Waals surface area (Å²) in [5.74, 6) is -0.964. The quantitative estimate of drug-likeness (QED) is 0.479. The Bertz CT molecular complexity index is 1200. The number of benzene rings is 2. The molecule has 1 aliphatic heterocycles. The molecular weight excluding hydrogens is 432 g/mol. The Balaban J connectivity index is 1.71. The van der Waals surface area contributed by atoms with Crippen LogP contribution in [0.25, 0.3) is 10.9 Å². The molecule has 10 heteroatoms. The van der Waals surface area contributed by atoms with Crippen LogP contribution in [-0.2, 0) is 11.2 Å². The first kappa shape index (κ1) is 21.9. The molecule has 1 saturated heterocycles. The molecule has 1 aromatic heterocycles. The molecule has 6 nitrogen and oxygen atoms in total. The molecule has 0 atom stereocenters. The van der Waals surface area contributed by atoms with Crippen molar-refractivity contribution in [3.63, 3.8) is 0 Å². The molecule has 32 heavy (non-hydrogen) atoms. The highest BCUT2D eigenvalue weighted by atomic mass is 19.4. The maximum atomic E-state index is 14.8. The van der Waals surface area contributed by atoms with E-state index in [1.807, 2.05) is 0 Å². The van der Waals surface area contributed by atoms with Crippen LogP contribution in [0.5, 0.6) is 5.75 Å². The molecule has 1 aliphatic rings. The number of hydrogen-bond donors (Lipinski definition) is 1. The molecule has 2 heterocycles. The van der Waals surface area contributed by atoms with Crippen molar-refractivity contribution in [1.82, 2.24) is 4.73 Å². The van der Waals surface area contributed by atoms with Crippen LogP contribution < -0.4 is 15.1 Å². The lowest BCUT2D eigenvalue weighted by Gasteiger charge is -2.29. The first-order valence-electron chi connectivity index (χ1n) is 9.88. The smallest absolute Gasteiger partial charge is 0.428 e. The van der Waals surface area contributed by atoms with E-state index < -0.39 is 17.6 Å². The Hall–Kier alpha value is -3.27. The maximum absolute atomic E-state index is 14.8. The number of hydrogen-bond acceptors (Lipinski definition) is 5. The van der Waals surface area contributed by atoms with Gasteiger partial charge >= 0.3 is 6.36 Å². The van der Waals surface area contributed by atoms with Crippen molar-refractivity contribution in [2.45, 2.75) is 19.7 Å². The van der Waals surface area contributed by atoms with E-state index in [0.717, 1.165) is 22.9 Å². The van der Waals surface area contributed by atoms with Crippen molar-refractivity contribution in [3.05, 3.63) is 69.3 Å². The van der Waals surface area contributed by atoms with Gasteiger partial charge in [-0.3, -0.25) is 4.79 Å². The van der Waals surface area contributed by atoms with Crippen LogP contribution >= 0.6 is 0 Å². The zero-order valence-corrected chi connectivity index (χ0v) is 17.1. The molecule has 0 unspecified atom stereocenters. The topological polar surface area (TPSA) is 63.9 Å². The minimum Gasteiger partial charge on any atom is -0.428 e. The second-order valence-corrected chi connectivity index (χ2v) is 7.49. The third kappa shape index (κ3) is 4.36. The summed E-state index contributed by atoms with van der Waals surface area (Å²) in [7, 11) is 0. The first-order chi connectivity index (χ1) is 15.1. The van der Waals surface area contributed by atoms with Crippen LogP contribution in [0.2, 0.25) is 0 Å². The van der Waals surface area contributed by atoms with E-state index in [4.69, 9.17) is 4.74 Å². The number of halogens is 4. The number of aromatic nitrogens is 1. The minimum atomic E-state index is -4.80. The van der Waals surface area contributed by atoms with E-state index in [-0.39, 0.29) is 40.0 Å². The largest absolute Gasteiger partial charge is 0.573 e. The number of fused-ring (bicyclic) bond motifs is 1. The number of morpholine rings is 1. The standard InChI is InChI=1S/C22H20F4N2O4/c1-13-16(10-14-2-4-15(5-3-14)32-22(24,25)26)21(29)17-11-18(23)20(12-19(17)28(13)30)27-6-8-31-9-7-27/h2-5,11-12,30H,6-10H2,1H3. The van der Waals surface area contributed by atoms with Gasteiger partial charge in [0, 0.05) is 25.1 Å². The summed E-state index contributed by atoms with van der Waals surface area (Å²) in [5, 5.41) is 10.7. The number of anilines is 1. The average molecular weight is 452 g/mol. The van der Waals surface area contributed by atoms with Crippen molar-refractivity contribution < 1.29 is 32.2 Å². The highest BCUT2D eigenvalue weighted by Crippen LogP contribution is 2.28. The predicted molar refractivity (Wildman–Crippen MR) is 109 cm³/mol. The summed E-state index contributed by atoms with van der Waals surface area (Å²) in [6.07, 6.45) is -4.76. The van der Waals surface area contributed by atoms with Crippen molar-refractivity contribution in [2.75, 3.05) is 31.2 Å². The van der Waals surface area contributed by atoms with Crippen molar-refractivity contribution in [2.24, 2.45) is 0 Å². The van der Waals surface area contributed by atoms with Crippen LogP contribution in [0.1, 0.15) is 16.8 Å². The van der Waals surface area contributed by atoms with Crippen molar-refractivity contribution in [3.8, 4) is 5.75 Å². The van der Waals surface area contributed by atoms with Gasteiger partial charge in [-0.25, -0.2) is 4.39 Å². The SMILES string of the molecule is Cc1c(Cc2ccc(OC(F)(F)F)cc2)c(=O)c2cc(F)c(N3CCOCC3)cc2n1O. The van der Waals surface area contributed by atoms with Crippen molar-refractivity contribution in [1.29, 1.82) is 0 Å². The van der Waals surface area contributed by atoms with Gasteiger partial charge in [-0.05, 0) is 36.8 Å². The number of pyridine rings is 1. The minimum absolute atomic E-state index is 0.0136. The number of rotatable bonds is 4. The summed E-state index contributed by atoms with van der Waals surface area (Å²) in [5.41, 5.74) is 1.000. The van der Waals surface area contributed by atoms with E-state index in [9.17, 15) is 27.6 Å². The van der Waals surface area contributed by atoms with Crippen LogP contribution in [-0.4, -0.2) is 42.6 Å². The second-order valence-electron chi connectivity index (χ2n) is 7.49. The molecular formula is C22H20F4N2O4. The Morgan fingerprint density at radius 3 is 2.41 bits per heavy atom. The van der Waals surface area contributed by atoms with Gasteiger partial charge in [-0.1, -0.05) is 12.1 Å². The average Bonchev–Trinajstić information content (AvgIpc) is 2.75. The zero-order chi connectivity index (χ0) is 23.0. The van der Waals surface area contributed by atoms with Gasteiger partial charge in [0.25, 0.3) is 0 Å². The van der Waals surface area contributed by atoms with Gasteiger partial charge in [0.15, 0.2) is 5.43 Å². The Labute approximate surface area is 180 Å². The van der Waals surface area contributed by atoms with E-state index in [1.165, 1.54) is 18.2 Å². The molecule has 4 rings (SSSR count). The Morgan fingerprint density at radius 1 is 1.12 bits per heavy atom. The van der Waals surface area contributed by atoms with Crippen LogP contribution in [0, 0.1) is 12.7 Å². The molecule has 2 aromatic carbocycles. The first-order valence-corrected chi connectivity index (χ1v) is 9.88. The molecule has 0 saturated carbocycles. The third-order valence-corrected chi connectivity index (χ3v) is 5.46. The van der Waals surface area contributed by atoms with Crippen LogP contribution in [0.3, 0.4) is 0 Å². The summed E-state index contributed by atoms with van der Waals surface area (Å²) >= 11 is 0. The lowest BCUT2D eigenvalue weighted by atomic mass is 10.0. The normalized spacial score (nSPS) is 14.7. The maximum Gasteiger partial charge on any atom is 0.573 e. The highest BCUT2D eigenvalue weighted by molar-refractivity contribution is 5.84. The fourth-order valence-electron chi connectivity index (χ4n) is 3.81. The van der Waals surface area contributed by atoms with Gasteiger partial charge in [0.1, 0.15) is 11.6 Å². The lowest BCUT2D eigenvalue weighted by molar-refractivity contribution is -0.274. The Morgan fingerprint density at radius 2 is 1.78 bits per heavy atom. The van der Waals surface area contributed by atoms with Crippen LogP contribution in [0.4, 0.5) is 23.2 Å². The molecule has 1 fully saturated rings. The fourth-order valence-corrected chi connectivity index (χ4v) is 3.81. The molecule has 3 aromatic rings. The van der Waals surface area contributed by atoms with Gasteiger partial charge < -0.3 is 19.6 Å². The van der Waals surface area contributed by atoms with E-state index in [0.29, 0.717) is 31.9 Å². The number of alkyl halides is 3. The summed E-state index contributed by atoms with van der Waals surface area (Å²) in [4.78, 5) is 14.9. The van der Waals surface area contributed by atoms with Crippen molar-refractivity contribution >= 4 is 16.6 Å². The summed E-state index contributed by atoms with van der Waals surface area (Å²) in [6, 6.07) is 7.63. The van der Waals surface area contributed by atoms with Gasteiger partial charge in [-0.2, -0.15) is 4.73 Å². The number of ether oxygens (including phenoxy) is 2. The van der Waals surface area contributed by atoms with Gasteiger partial charge in [-0.15, -0.1) is 13.2 Å². The predicted octanol–water partition coefficient (Wildman–Crippen LogP) is 4.01. The van der Waals surface area contributed by atoms with E-state index in [1.54, 1.807) is 11.8 Å². The zero-order valence-electron chi connectivity index (χ0n) is 17.1. The van der Waals surface area contributed by atoms with Gasteiger partial charge in [0.05, 0.1) is 35.5 Å². The lowest BCUT2D eigenvalue weighted by Crippen LogP contribution is -2.36. The number of nitrogens with zero attached hydrogens (tertiary/aromatic N) is 2. The monoisotopic (exact) mass is 452 g/mol. The molecule has 0 amide bonds. The Kier molecular flexibility index (Phi) is 5.72. The van der Waals surface area contributed by atoms with Crippen LogP contribution in [0.15, 0.2) is 41.2 Å². The van der Waals surface area contributed by atoms with E-state index in [2.05, 4.69) is 4.74 Å². The van der Waals surface area contributed by atoms with E-state index >= 15 is 0 Å². The fraction of sp³-hybridized carbons (Fsp3) is 0.318. The molecule has 0 bridgehead atoms. The highest BCUT2D eigenvalue weighted by Gasteiger charge is 2.31. The summed E-state index contributed by atoms with van der Waals surface area (Å²) < 4.78 is 61.8. The van der Waals surface area contributed by atoms with Gasteiger partial charge in [0.2, 0.25) is 0 Å². The molecule has 0 radical (unpaired) electrons. The second kappa shape index (κ2) is 8.34. The molecule has 0 aliphatic carbocycles. The molecule has 1 N–H and O–H groups in total. The molecule has 0 spiro atoms. The molecule has 170 valence electrons. The third-order valence-electron chi connectivity index (χ3n) is 5.46. The summed E-state index contributed by atoms with van der Waals surface area (Å²) in [6.45, 7) is 3.43.